The van der Waals surface area contributed by atoms with Gasteiger partial charge in [-0.3, -0.25) is 14.1 Å². The highest BCUT2D eigenvalue weighted by atomic mass is 19.4. The molecule has 0 saturated carbocycles. The average Bonchev–Trinajstić information content (AvgIpc) is 3.34. The third kappa shape index (κ3) is 6.50. The third-order valence-electron chi connectivity index (χ3n) is 7.23. The van der Waals surface area contributed by atoms with Gasteiger partial charge in [-0.05, 0) is 63.7 Å². The minimum absolute atomic E-state index is 0.0250. The van der Waals surface area contributed by atoms with E-state index < -0.39 is 12.1 Å². The number of aromatic nitrogens is 3. The Hall–Kier alpha value is -3.47. The molecule has 38 heavy (non-hydrogen) atoms. The Labute approximate surface area is 219 Å². The normalized spacial score (nSPS) is 19.2. The number of alkyl halides is 3. The Morgan fingerprint density at radius 3 is 2.32 bits per heavy atom. The molecule has 2 aromatic heterocycles. The Bertz CT molecular complexity index is 1240. The number of fused-ring (bicyclic) bond motifs is 1. The van der Waals surface area contributed by atoms with Crippen molar-refractivity contribution < 1.29 is 27.9 Å². The fraction of sp³-hybridized carbons (Fsp3) is 0.481. The smallest absolute Gasteiger partial charge is 0.475 e. The van der Waals surface area contributed by atoms with Gasteiger partial charge >= 0.3 is 12.1 Å². The van der Waals surface area contributed by atoms with Gasteiger partial charge in [0.1, 0.15) is 6.33 Å². The number of hydrogen-bond acceptors (Lipinski definition) is 5. The maximum absolute atomic E-state index is 13.2. The Balaban J connectivity index is 0.000000426. The summed E-state index contributed by atoms with van der Waals surface area (Å²) in [6.45, 7) is 6.12. The molecule has 1 unspecified atom stereocenters. The number of amides is 1. The number of aliphatic carboxylic acids is 1. The van der Waals surface area contributed by atoms with Crippen molar-refractivity contribution in [1.82, 2.24) is 24.2 Å². The number of carboxylic acid groups (broad SMARTS) is 1. The first-order chi connectivity index (χ1) is 18.1. The van der Waals surface area contributed by atoms with Gasteiger partial charge in [-0.2, -0.15) is 13.2 Å². The van der Waals surface area contributed by atoms with Crippen LogP contribution in [0.25, 0.3) is 5.65 Å². The summed E-state index contributed by atoms with van der Waals surface area (Å²) in [6, 6.07) is 13.1. The lowest BCUT2D eigenvalue weighted by molar-refractivity contribution is -0.192. The predicted octanol–water partition coefficient (Wildman–Crippen LogP) is 4.76. The van der Waals surface area contributed by atoms with E-state index >= 15 is 0 Å². The molecule has 3 aromatic rings. The second kappa shape index (κ2) is 11.9. The van der Waals surface area contributed by atoms with Crippen LogP contribution in [0.1, 0.15) is 66.7 Å². The molecule has 1 atom stereocenters. The number of carboxylic acids is 1. The number of piperidine rings is 2. The van der Waals surface area contributed by atoms with Crippen LogP contribution >= 0.6 is 0 Å². The molecule has 2 saturated heterocycles. The molecule has 1 amide bonds. The lowest BCUT2D eigenvalue weighted by Gasteiger charge is -2.33. The van der Waals surface area contributed by atoms with Crippen molar-refractivity contribution in [3.63, 3.8) is 0 Å². The van der Waals surface area contributed by atoms with Crippen molar-refractivity contribution >= 4 is 17.5 Å². The second-order valence-electron chi connectivity index (χ2n) is 9.84. The molecule has 11 heteroatoms. The first-order valence-electron chi connectivity index (χ1n) is 12.8. The lowest BCUT2D eigenvalue weighted by Crippen LogP contribution is -2.42. The number of carbonyl (C=O) groups is 2. The van der Waals surface area contributed by atoms with Gasteiger partial charge in [-0.25, -0.2) is 14.8 Å². The number of carbonyl (C=O) groups excluding carboxylic acids is 1. The summed E-state index contributed by atoms with van der Waals surface area (Å²) in [5, 5.41) is 7.12. The highest BCUT2D eigenvalue weighted by molar-refractivity contribution is 5.98. The van der Waals surface area contributed by atoms with Crippen LogP contribution in [-0.2, 0) is 11.3 Å². The maximum atomic E-state index is 13.2. The van der Waals surface area contributed by atoms with E-state index in [1.807, 2.05) is 11.1 Å². The summed E-state index contributed by atoms with van der Waals surface area (Å²) in [7, 11) is 0. The molecule has 5 rings (SSSR count). The Kier molecular flexibility index (Phi) is 8.65. The zero-order valence-corrected chi connectivity index (χ0v) is 21.3. The molecule has 0 bridgehead atoms. The van der Waals surface area contributed by atoms with E-state index in [0.29, 0.717) is 17.3 Å². The monoisotopic (exact) mass is 531 g/mol. The van der Waals surface area contributed by atoms with E-state index in [1.165, 1.54) is 17.7 Å². The summed E-state index contributed by atoms with van der Waals surface area (Å²) >= 11 is 0. The minimum atomic E-state index is -5.08. The number of rotatable bonds is 4. The third-order valence-corrected chi connectivity index (χ3v) is 7.23. The molecule has 0 spiro atoms. The van der Waals surface area contributed by atoms with Gasteiger partial charge in [0.05, 0.1) is 0 Å². The fourth-order valence-corrected chi connectivity index (χ4v) is 5.17. The Morgan fingerprint density at radius 1 is 1.00 bits per heavy atom. The van der Waals surface area contributed by atoms with Gasteiger partial charge in [-0.15, -0.1) is 0 Å². The summed E-state index contributed by atoms with van der Waals surface area (Å²) in [6.07, 6.45) is 4.11. The minimum Gasteiger partial charge on any atom is -0.475 e. The van der Waals surface area contributed by atoms with Crippen LogP contribution in [0.3, 0.4) is 0 Å². The molecule has 2 aliphatic rings. The predicted molar refractivity (Wildman–Crippen MR) is 135 cm³/mol. The summed E-state index contributed by atoms with van der Waals surface area (Å²) in [5.74, 6) is -2.27. The molecule has 2 fully saturated rings. The van der Waals surface area contributed by atoms with Crippen molar-refractivity contribution in [3.8, 4) is 0 Å². The number of likely N-dealkylation sites (tertiary alicyclic amines) is 2. The van der Waals surface area contributed by atoms with Gasteiger partial charge in [-0.1, -0.05) is 30.3 Å². The molecule has 1 aromatic carbocycles. The number of imidazole rings is 1. The van der Waals surface area contributed by atoms with Crippen LogP contribution in [0.4, 0.5) is 13.2 Å². The van der Waals surface area contributed by atoms with Crippen LogP contribution in [0, 0.1) is 0 Å². The van der Waals surface area contributed by atoms with E-state index in [-0.39, 0.29) is 11.9 Å². The van der Waals surface area contributed by atoms with Crippen LogP contribution in [0.5, 0.6) is 0 Å². The van der Waals surface area contributed by atoms with E-state index in [2.05, 4.69) is 62.6 Å². The molecule has 4 heterocycles. The standard InChI is InChI=1S/C25H31N5O.C2HF3O2/c1-19-7-5-6-14-29(19)25(31)23-24-26-13-10-22(30(24)18-27-23)21-11-15-28(16-12-21)17-20-8-3-2-4-9-20;3-2(4,5)1(6)7/h2-4,8-10,13,18-19,21H,5-7,11-12,14-17H2,1H3;(H,6,7). The number of halogens is 3. The largest absolute Gasteiger partial charge is 0.490 e. The van der Waals surface area contributed by atoms with Gasteiger partial charge in [0.15, 0.2) is 11.3 Å². The van der Waals surface area contributed by atoms with Gasteiger partial charge in [0, 0.05) is 36.9 Å². The molecular weight excluding hydrogens is 499 g/mol. The summed E-state index contributed by atoms with van der Waals surface area (Å²) in [4.78, 5) is 35.7. The molecule has 0 aliphatic carbocycles. The molecule has 1 N–H and O–H groups in total. The fourth-order valence-electron chi connectivity index (χ4n) is 5.17. The highest BCUT2D eigenvalue weighted by Crippen LogP contribution is 2.30. The molecule has 8 nitrogen and oxygen atoms in total. The zero-order chi connectivity index (χ0) is 27.3. The van der Waals surface area contributed by atoms with Crippen LogP contribution in [-0.4, -0.2) is 73.0 Å². The number of hydrogen-bond donors (Lipinski definition) is 1. The van der Waals surface area contributed by atoms with E-state index in [4.69, 9.17) is 9.90 Å². The first-order valence-corrected chi connectivity index (χ1v) is 12.8. The number of nitrogens with zero attached hydrogens (tertiary/aromatic N) is 5. The number of benzene rings is 1. The van der Waals surface area contributed by atoms with Crippen molar-refractivity contribution in [1.29, 1.82) is 0 Å². The van der Waals surface area contributed by atoms with Gasteiger partial charge in [0.25, 0.3) is 5.91 Å². The Morgan fingerprint density at radius 2 is 1.68 bits per heavy atom. The van der Waals surface area contributed by atoms with Gasteiger partial charge in [0.2, 0.25) is 0 Å². The van der Waals surface area contributed by atoms with Crippen LogP contribution in [0.2, 0.25) is 0 Å². The average molecular weight is 532 g/mol. The SMILES string of the molecule is CC1CCCCN1C(=O)c1ncn2c(C3CCN(Cc4ccccc4)CC3)ccnc12.O=C(O)C(F)(F)F. The van der Waals surface area contributed by atoms with Crippen molar-refractivity contribution in [2.45, 2.75) is 63.7 Å². The molecule has 2 aliphatic heterocycles. The van der Waals surface area contributed by atoms with Crippen LogP contribution < -0.4 is 0 Å². The quantitative estimate of drug-likeness (QED) is 0.522. The molecule has 204 valence electrons. The van der Waals surface area contributed by atoms with Crippen molar-refractivity contribution in [2.75, 3.05) is 19.6 Å². The zero-order valence-electron chi connectivity index (χ0n) is 21.3. The van der Waals surface area contributed by atoms with E-state index in [1.54, 1.807) is 6.33 Å². The van der Waals surface area contributed by atoms with Crippen molar-refractivity contribution in [3.05, 3.63) is 65.9 Å². The second-order valence-corrected chi connectivity index (χ2v) is 9.84. The van der Waals surface area contributed by atoms with E-state index in [0.717, 1.165) is 51.9 Å². The highest BCUT2D eigenvalue weighted by Gasteiger charge is 2.38. The maximum Gasteiger partial charge on any atom is 0.490 e. The summed E-state index contributed by atoms with van der Waals surface area (Å²) in [5.41, 5.74) is 3.80. The van der Waals surface area contributed by atoms with Crippen LogP contribution in [0.15, 0.2) is 48.9 Å². The van der Waals surface area contributed by atoms with E-state index in [9.17, 15) is 18.0 Å². The lowest BCUT2D eigenvalue weighted by atomic mass is 9.93. The topological polar surface area (TPSA) is 91.0 Å². The van der Waals surface area contributed by atoms with Crippen molar-refractivity contribution in [2.24, 2.45) is 0 Å². The molecular formula is C27H32F3N5O3. The molecule has 0 radical (unpaired) electrons. The first kappa shape index (κ1) is 27.6. The van der Waals surface area contributed by atoms with Gasteiger partial charge < -0.3 is 10.0 Å². The summed E-state index contributed by atoms with van der Waals surface area (Å²) < 4.78 is 33.8.